The number of likely N-dealkylation sites (N-methyl/N-ethyl adjacent to an activating group) is 1. The Kier molecular flexibility index (Phi) is 2.96. The maximum Gasteiger partial charge on any atom is 0.115 e. The highest BCUT2D eigenvalue weighted by molar-refractivity contribution is 5.44. The second kappa shape index (κ2) is 4.75. The molecule has 23 heavy (non-hydrogen) atoms. The van der Waals surface area contributed by atoms with Crippen molar-refractivity contribution >= 4 is 0 Å². The first-order valence-electron chi connectivity index (χ1n) is 9.77. The molecule has 1 N–H and O–H groups in total. The molecule has 3 aliphatic carbocycles. The summed E-state index contributed by atoms with van der Waals surface area (Å²) in [4.78, 5) is 0. The van der Waals surface area contributed by atoms with Gasteiger partial charge >= 0.3 is 0 Å². The number of quaternary nitrogens is 1. The van der Waals surface area contributed by atoms with Crippen molar-refractivity contribution in [2.75, 3.05) is 20.1 Å². The first-order valence-corrected chi connectivity index (χ1v) is 9.77. The molecule has 3 fully saturated rings. The summed E-state index contributed by atoms with van der Waals surface area (Å²) in [7, 11) is 2.56. The Morgan fingerprint density at radius 2 is 2.04 bits per heavy atom. The van der Waals surface area contributed by atoms with Crippen LogP contribution in [0.5, 0.6) is 5.75 Å². The summed E-state index contributed by atoms with van der Waals surface area (Å²) < 4.78 is 1.33. The van der Waals surface area contributed by atoms with Crippen LogP contribution in [0.25, 0.3) is 0 Å². The van der Waals surface area contributed by atoms with Gasteiger partial charge in [-0.3, -0.25) is 0 Å². The third-order valence-corrected chi connectivity index (χ3v) is 7.86. The van der Waals surface area contributed by atoms with E-state index < -0.39 is 0 Å². The number of hydrogen-bond donors (Lipinski definition) is 1. The van der Waals surface area contributed by atoms with Crippen LogP contribution in [0.1, 0.15) is 56.1 Å². The summed E-state index contributed by atoms with van der Waals surface area (Å²) in [6.07, 6.45) is 11.1. The lowest BCUT2D eigenvalue weighted by Gasteiger charge is -2.61. The van der Waals surface area contributed by atoms with Gasteiger partial charge in [-0.1, -0.05) is 18.9 Å². The van der Waals surface area contributed by atoms with E-state index in [4.69, 9.17) is 0 Å². The van der Waals surface area contributed by atoms with E-state index in [0.717, 1.165) is 17.9 Å². The van der Waals surface area contributed by atoms with E-state index in [0.29, 0.717) is 11.2 Å². The minimum absolute atomic E-state index is 0.385. The molecule has 124 valence electrons. The predicted octanol–water partition coefficient (Wildman–Crippen LogP) is 4.01. The molecule has 2 heteroatoms. The first-order chi connectivity index (χ1) is 11.1. The van der Waals surface area contributed by atoms with Gasteiger partial charge in [0.1, 0.15) is 5.75 Å². The SMILES string of the molecule is C[N@+]1(CC2CC2)CC[C@]23CCCCC2C1Cc1ccc(O)cc13. The van der Waals surface area contributed by atoms with E-state index in [1.165, 1.54) is 74.5 Å². The van der Waals surface area contributed by atoms with Crippen LogP contribution >= 0.6 is 0 Å². The highest BCUT2D eigenvalue weighted by Gasteiger charge is 2.59. The van der Waals surface area contributed by atoms with Crippen LogP contribution in [0.4, 0.5) is 0 Å². The molecule has 1 saturated heterocycles. The van der Waals surface area contributed by atoms with Crippen LogP contribution < -0.4 is 0 Å². The van der Waals surface area contributed by atoms with Gasteiger partial charge in [0.15, 0.2) is 0 Å². The van der Waals surface area contributed by atoms with E-state index in [2.05, 4.69) is 19.2 Å². The molecule has 1 aromatic rings. The zero-order chi connectivity index (χ0) is 15.7. The number of likely N-dealkylation sites (tertiary alicyclic amines) is 1. The third kappa shape index (κ3) is 2.03. The van der Waals surface area contributed by atoms with Crippen LogP contribution in [0, 0.1) is 11.8 Å². The average Bonchev–Trinajstić information content (AvgIpc) is 3.35. The van der Waals surface area contributed by atoms with Crippen molar-refractivity contribution in [1.82, 2.24) is 0 Å². The molecular weight excluding hydrogens is 282 g/mol. The number of phenols is 1. The molecule has 4 atom stereocenters. The van der Waals surface area contributed by atoms with Crippen LogP contribution in [0.15, 0.2) is 18.2 Å². The van der Waals surface area contributed by atoms with Gasteiger partial charge in [-0.05, 0) is 48.9 Å². The van der Waals surface area contributed by atoms with Gasteiger partial charge < -0.3 is 9.59 Å². The van der Waals surface area contributed by atoms with E-state index >= 15 is 0 Å². The lowest BCUT2D eigenvalue weighted by molar-refractivity contribution is -0.946. The van der Waals surface area contributed by atoms with Crippen molar-refractivity contribution in [2.24, 2.45) is 11.8 Å². The monoisotopic (exact) mass is 312 g/mol. The standard InChI is InChI=1S/C21H29NO/c1-22(14-15-5-6-15)11-10-21-9-3-2-4-18(21)20(22)12-16-7-8-17(23)13-19(16)21/h7-8,13,15,18,20H,2-6,9-12,14H2,1H3/p+1/t18?,20?,21-,22-/m1/s1. The van der Waals surface area contributed by atoms with Crippen LogP contribution in [-0.4, -0.2) is 35.8 Å². The summed E-state index contributed by atoms with van der Waals surface area (Å²) in [5, 5.41) is 10.1. The van der Waals surface area contributed by atoms with Gasteiger partial charge in [-0.15, -0.1) is 0 Å². The molecule has 4 aliphatic rings. The number of piperidine rings is 1. The number of aromatic hydroxyl groups is 1. The zero-order valence-corrected chi connectivity index (χ0v) is 14.4. The number of fused-ring (bicyclic) bond motifs is 1. The Morgan fingerprint density at radius 1 is 1.17 bits per heavy atom. The molecule has 1 aliphatic heterocycles. The van der Waals surface area contributed by atoms with E-state index in [9.17, 15) is 5.11 Å². The molecule has 0 radical (unpaired) electrons. The van der Waals surface area contributed by atoms with Crippen molar-refractivity contribution in [1.29, 1.82) is 0 Å². The van der Waals surface area contributed by atoms with E-state index in [-0.39, 0.29) is 0 Å². The Hall–Kier alpha value is -1.02. The number of rotatable bonds is 2. The Morgan fingerprint density at radius 3 is 2.87 bits per heavy atom. The quantitative estimate of drug-likeness (QED) is 0.818. The van der Waals surface area contributed by atoms with Crippen LogP contribution in [0.3, 0.4) is 0 Å². The van der Waals surface area contributed by atoms with E-state index in [1.807, 2.05) is 6.07 Å². The summed E-state index contributed by atoms with van der Waals surface area (Å²) in [6.45, 7) is 2.78. The number of phenolic OH excluding ortho intramolecular Hbond substituents is 1. The van der Waals surface area contributed by atoms with Crippen molar-refractivity contribution in [3.05, 3.63) is 29.3 Å². The van der Waals surface area contributed by atoms with Gasteiger partial charge in [-0.2, -0.15) is 0 Å². The fourth-order valence-electron chi connectivity index (χ4n) is 6.57. The molecule has 2 unspecified atom stereocenters. The first kappa shape index (κ1) is 14.3. The fraction of sp³-hybridized carbons (Fsp3) is 0.714. The number of benzene rings is 1. The molecule has 2 saturated carbocycles. The summed E-state index contributed by atoms with van der Waals surface area (Å²) >= 11 is 0. The summed E-state index contributed by atoms with van der Waals surface area (Å²) in [5.74, 6) is 2.34. The van der Waals surface area contributed by atoms with Gasteiger partial charge in [0.2, 0.25) is 0 Å². The second-order valence-corrected chi connectivity index (χ2v) is 9.20. The lowest BCUT2D eigenvalue weighted by atomic mass is 9.52. The Labute approximate surface area is 140 Å². The Balaban J connectivity index is 1.62. The minimum atomic E-state index is 0.385. The molecular formula is C21H30NO+. The van der Waals surface area contributed by atoms with Gasteiger partial charge in [0, 0.05) is 30.1 Å². The zero-order valence-electron chi connectivity index (χ0n) is 14.4. The van der Waals surface area contributed by atoms with Crippen LogP contribution in [0.2, 0.25) is 0 Å². The van der Waals surface area contributed by atoms with E-state index in [1.54, 1.807) is 5.56 Å². The number of nitrogens with zero attached hydrogens (tertiary/aromatic N) is 1. The molecule has 0 amide bonds. The minimum Gasteiger partial charge on any atom is -0.508 e. The maximum atomic E-state index is 10.1. The van der Waals surface area contributed by atoms with Crippen molar-refractivity contribution in [3.63, 3.8) is 0 Å². The second-order valence-electron chi connectivity index (χ2n) is 9.20. The van der Waals surface area contributed by atoms with Crippen LogP contribution in [-0.2, 0) is 11.8 Å². The van der Waals surface area contributed by atoms with Crippen molar-refractivity contribution < 1.29 is 9.59 Å². The molecule has 1 heterocycles. The lowest BCUT2D eigenvalue weighted by Crippen LogP contribution is -2.68. The maximum absolute atomic E-state index is 10.1. The largest absolute Gasteiger partial charge is 0.508 e. The van der Waals surface area contributed by atoms with Crippen molar-refractivity contribution in [2.45, 2.75) is 62.8 Å². The highest BCUT2D eigenvalue weighted by Crippen LogP contribution is 2.58. The predicted molar refractivity (Wildman–Crippen MR) is 92.5 cm³/mol. The fourth-order valence-corrected chi connectivity index (χ4v) is 6.57. The summed E-state index contributed by atoms with van der Waals surface area (Å²) in [6, 6.07) is 7.10. The molecule has 5 rings (SSSR count). The highest BCUT2D eigenvalue weighted by atomic mass is 16.3. The smallest absolute Gasteiger partial charge is 0.115 e. The molecule has 2 nitrogen and oxygen atoms in total. The normalized spacial score (nSPS) is 42.0. The Bertz CT molecular complexity index is 637. The topological polar surface area (TPSA) is 20.2 Å². The van der Waals surface area contributed by atoms with Gasteiger partial charge in [0.25, 0.3) is 0 Å². The number of hydrogen-bond acceptors (Lipinski definition) is 1. The van der Waals surface area contributed by atoms with Gasteiger partial charge in [0.05, 0.1) is 26.2 Å². The average molecular weight is 312 g/mol. The van der Waals surface area contributed by atoms with Crippen molar-refractivity contribution in [3.8, 4) is 5.75 Å². The molecule has 1 aromatic carbocycles. The molecule has 0 aromatic heterocycles. The molecule has 2 bridgehead atoms. The summed E-state index contributed by atoms with van der Waals surface area (Å²) in [5.41, 5.74) is 3.46. The third-order valence-electron chi connectivity index (χ3n) is 7.86. The molecule has 0 spiro atoms. The van der Waals surface area contributed by atoms with Gasteiger partial charge in [-0.25, -0.2) is 0 Å².